The second-order valence-corrected chi connectivity index (χ2v) is 6.68. The van der Waals surface area contributed by atoms with Gasteiger partial charge in [-0.05, 0) is 43.5 Å². The van der Waals surface area contributed by atoms with Gasteiger partial charge in [-0.25, -0.2) is 9.50 Å². The van der Waals surface area contributed by atoms with Crippen molar-refractivity contribution in [1.82, 2.24) is 19.9 Å². The third-order valence-electron chi connectivity index (χ3n) is 4.87. The minimum atomic E-state index is 0.503. The molecule has 3 heterocycles. The molecule has 5 nitrogen and oxygen atoms in total. The number of rotatable bonds is 6. The molecule has 25 heavy (non-hydrogen) atoms. The fraction of sp³-hybridized carbons (Fsp3) is 0.400. The maximum Gasteiger partial charge on any atom is 0.154 e. The van der Waals surface area contributed by atoms with E-state index in [1.165, 1.54) is 24.8 Å². The number of fused-ring (bicyclic) bond motifs is 1. The highest BCUT2D eigenvalue weighted by Gasteiger charge is 2.16. The molecule has 5 heteroatoms. The lowest BCUT2D eigenvalue weighted by Gasteiger charge is -2.11. The van der Waals surface area contributed by atoms with Crippen LogP contribution in [0.1, 0.15) is 44.2 Å². The van der Waals surface area contributed by atoms with Crippen LogP contribution in [0.15, 0.2) is 42.6 Å². The van der Waals surface area contributed by atoms with Crippen LogP contribution in [0.2, 0.25) is 0 Å². The van der Waals surface area contributed by atoms with Gasteiger partial charge in [-0.2, -0.15) is 0 Å². The number of nitrogens with zero attached hydrogens (tertiary/aromatic N) is 3. The molecule has 1 atom stereocenters. The van der Waals surface area contributed by atoms with Gasteiger partial charge in [0.15, 0.2) is 5.65 Å². The molecule has 130 valence electrons. The molecule has 1 aliphatic rings. The summed E-state index contributed by atoms with van der Waals surface area (Å²) in [7, 11) is 0. The minimum absolute atomic E-state index is 0.503. The van der Waals surface area contributed by atoms with E-state index in [-0.39, 0.29) is 0 Å². The van der Waals surface area contributed by atoms with Gasteiger partial charge < -0.3 is 10.6 Å². The van der Waals surface area contributed by atoms with Crippen molar-refractivity contribution in [1.29, 1.82) is 0 Å². The van der Waals surface area contributed by atoms with Gasteiger partial charge in [0.25, 0.3) is 0 Å². The Kier molecular flexibility index (Phi) is 4.65. The van der Waals surface area contributed by atoms with Crippen molar-refractivity contribution in [2.75, 3.05) is 18.4 Å². The van der Waals surface area contributed by atoms with Crippen LogP contribution in [0.25, 0.3) is 16.9 Å². The predicted molar refractivity (Wildman–Crippen MR) is 102 cm³/mol. The van der Waals surface area contributed by atoms with Crippen molar-refractivity contribution in [3.63, 3.8) is 0 Å². The van der Waals surface area contributed by atoms with E-state index in [2.05, 4.69) is 46.8 Å². The van der Waals surface area contributed by atoms with E-state index in [9.17, 15) is 0 Å². The van der Waals surface area contributed by atoms with E-state index in [4.69, 9.17) is 5.10 Å². The highest BCUT2D eigenvalue weighted by Crippen LogP contribution is 2.26. The average Bonchev–Trinajstić information content (AvgIpc) is 3.32. The quantitative estimate of drug-likeness (QED) is 0.668. The molecule has 0 amide bonds. The first-order chi connectivity index (χ1) is 12.3. The largest absolute Gasteiger partial charge is 0.369 e. The molecule has 1 aromatic carbocycles. The van der Waals surface area contributed by atoms with Crippen molar-refractivity contribution in [2.45, 2.75) is 38.6 Å². The minimum Gasteiger partial charge on any atom is -0.369 e. The Hall–Kier alpha value is -2.40. The van der Waals surface area contributed by atoms with E-state index in [1.807, 2.05) is 22.8 Å². The highest BCUT2D eigenvalue weighted by molar-refractivity contribution is 5.64. The number of anilines is 1. The molecule has 0 aliphatic carbocycles. The zero-order chi connectivity index (χ0) is 17.1. The van der Waals surface area contributed by atoms with Gasteiger partial charge >= 0.3 is 0 Å². The van der Waals surface area contributed by atoms with Crippen molar-refractivity contribution in [3.8, 4) is 11.3 Å². The van der Waals surface area contributed by atoms with Crippen LogP contribution in [0, 0.1) is 0 Å². The van der Waals surface area contributed by atoms with Crippen molar-refractivity contribution >= 4 is 11.5 Å². The molecule has 2 aromatic heterocycles. The molecule has 1 aliphatic heterocycles. The Bertz CT molecular complexity index is 831. The van der Waals surface area contributed by atoms with E-state index < -0.39 is 0 Å². The lowest BCUT2D eigenvalue weighted by Crippen LogP contribution is -2.12. The van der Waals surface area contributed by atoms with Gasteiger partial charge in [0.05, 0.1) is 11.9 Å². The molecule has 2 N–H and O–H groups in total. The smallest absolute Gasteiger partial charge is 0.154 e. The van der Waals surface area contributed by atoms with Gasteiger partial charge in [0.2, 0.25) is 0 Å². The predicted octanol–water partition coefficient (Wildman–Crippen LogP) is 4.03. The molecule has 0 radical (unpaired) electrons. The maximum absolute atomic E-state index is 4.71. The average molecular weight is 335 g/mol. The lowest BCUT2D eigenvalue weighted by molar-refractivity contribution is 0.648. The maximum atomic E-state index is 4.71. The first-order valence-electron chi connectivity index (χ1n) is 9.27. The van der Waals surface area contributed by atoms with Gasteiger partial charge in [-0.15, -0.1) is 5.10 Å². The second-order valence-electron chi connectivity index (χ2n) is 6.68. The van der Waals surface area contributed by atoms with Crippen molar-refractivity contribution in [3.05, 3.63) is 48.2 Å². The molecule has 0 spiro atoms. The number of hydrogen-bond donors (Lipinski definition) is 2. The Morgan fingerprint density at radius 3 is 2.84 bits per heavy atom. The highest BCUT2D eigenvalue weighted by atomic mass is 15.3. The Morgan fingerprint density at radius 2 is 2.08 bits per heavy atom. The van der Waals surface area contributed by atoms with Gasteiger partial charge in [0, 0.05) is 18.2 Å². The summed E-state index contributed by atoms with van der Waals surface area (Å²) >= 11 is 0. The topological polar surface area (TPSA) is 54.2 Å². The van der Waals surface area contributed by atoms with Crippen LogP contribution in [-0.2, 0) is 0 Å². The first kappa shape index (κ1) is 16.1. The van der Waals surface area contributed by atoms with E-state index in [0.29, 0.717) is 6.04 Å². The zero-order valence-corrected chi connectivity index (χ0v) is 14.7. The summed E-state index contributed by atoms with van der Waals surface area (Å²) in [6.45, 7) is 4.26. The summed E-state index contributed by atoms with van der Waals surface area (Å²) in [5.74, 6) is 0.895. The molecule has 0 unspecified atom stereocenters. The summed E-state index contributed by atoms with van der Waals surface area (Å²) in [5, 5.41) is 11.6. The number of unbranched alkanes of at least 4 members (excludes halogenated alkanes) is 1. The van der Waals surface area contributed by atoms with Crippen LogP contribution in [0.5, 0.6) is 0 Å². The van der Waals surface area contributed by atoms with Crippen LogP contribution >= 0.6 is 0 Å². The summed E-state index contributed by atoms with van der Waals surface area (Å²) < 4.78 is 1.93. The van der Waals surface area contributed by atoms with Crippen molar-refractivity contribution in [2.24, 2.45) is 0 Å². The van der Waals surface area contributed by atoms with Gasteiger partial charge in [-0.3, -0.25) is 0 Å². The number of aromatic nitrogens is 3. The third kappa shape index (κ3) is 3.37. The Balaban J connectivity index is 1.60. The normalized spacial score (nSPS) is 17.2. The fourth-order valence-corrected chi connectivity index (χ4v) is 3.41. The lowest BCUT2D eigenvalue weighted by atomic mass is 10.0. The van der Waals surface area contributed by atoms with E-state index in [0.717, 1.165) is 42.2 Å². The third-order valence-corrected chi connectivity index (χ3v) is 4.87. The molecule has 1 fully saturated rings. The molecule has 4 rings (SSSR count). The summed E-state index contributed by atoms with van der Waals surface area (Å²) in [5.41, 5.74) is 4.41. The van der Waals surface area contributed by atoms with Crippen LogP contribution < -0.4 is 10.6 Å². The van der Waals surface area contributed by atoms with Crippen LogP contribution in [0.3, 0.4) is 0 Å². The number of imidazole rings is 1. The number of benzene rings is 1. The second kappa shape index (κ2) is 7.23. The van der Waals surface area contributed by atoms with Crippen LogP contribution in [0.4, 0.5) is 5.82 Å². The Morgan fingerprint density at radius 1 is 1.20 bits per heavy atom. The monoisotopic (exact) mass is 335 g/mol. The Labute approximate surface area is 148 Å². The SMILES string of the molecule is CCCCNc1ccc2ncc(-c3ccc([C@H]4CCCN4)cc3)n2n1. The number of nitrogens with one attached hydrogen (secondary N) is 2. The van der Waals surface area contributed by atoms with E-state index >= 15 is 0 Å². The van der Waals surface area contributed by atoms with Gasteiger partial charge in [-0.1, -0.05) is 37.6 Å². The molecule has 0 bridgehead atoms. The molecular formula is C20H25N5. The number of hydrogen-bond acceptors (Lipinski definition) is 4. The molecule has 3 aromatic rings. The fourth-order valence-electron chi connectivity index (χ4n) is 3.41. The van der Waals surface area contributed by atoms with Crippen molar-refractivity contribution < 1.29 is 0 Å². The molecule has 1 saturated heterocycles. The molecular weight excluding hydrogens is 310 g/mol. The standard InChI is InChI=1S/C20H25N5/c1-2-3-12-22-19-10-11-20-23-14-18(25(20)24-19)16-8-6-15(7-9-16)17-5-4-13-21-17/h6-11,14,17,21H,2-5,12-13H2,1H3,(H,22,24)/t17-/m1/s1. The molecule has 0 saturated carbocycles. The summed E-state index contributed by atoms with van der Waals surface area (Å²) in [6, 6.07) is 13.3. The zero-order valence-electron chi connectivity index (χ0n) is 14.7. The van der Waals surface area contributed by atoms with Crippen LogP contribution in [-0.4, -0.2) is 27.7 Å². The first-order valence-corrected chi connectivity index (χ1v) is 9.27. The summed E-state index contributed by atoms with van der Waals surface area (Å²) in [6.07, 6.45) is 6.71. The summed E-state index contributed by atoms with van der Waals surface area (Å²) in [4.78, 5) is 4.49. The van der Waals surface area contributed by atoms with Gasteiger partial charge in [0.1, 0.15) is 5.82 Å². The van der Waals surface area contributed by atoms with E-state index in [1.54, 1.807) is 0 Å².